The molecule has 0 amide bonds. The molecule has 1 aliphatic heterocycles. The summed E-state index contributed by atoms with van der Waals surface area (Å²) in [6.07, 6.45) is 0.852. The summed E-state index contributed by atoms with van der Waals surface area (Å²) < 4.78 is 54.9. The summed E-state index contributed by atoms with van der Waals surface area (Å²) in [6.45, 7) is 5.59. The van der Waals surface area contributed by atoms with Gasteiger partial charge in [0.15, 0.2) is 0 Å². The second-order valence-electron chi connectivity index (χ2n) is 10.4. The Balaban J connectivity index is 1.74. The van der Waals surface area contributed by atoms with Crippen molar-refractivity contribution in [3.8, 4) is 0 Å². The van der Waals surface area contributed by atoms with Gasteiger partial charge in [-0.1, -0.05) is 18.2 Å². The van der Waals surface area contributed by atoms with Crippen molar-refractivity contribution in [2.24, 2.45) is 7.05 Å². The van der Waals surface area contributed by atoms with E-state index in [4.69, 9.17) is 0 Å². The minimum absolute atomic E-state index is 0.0715. The SMILES string of the molecule is Cc1nc(N[C@H](C)c2cccc(C(F)(F)C(C)(C)O)c2)c2cc(C3CCS(=O)(=O)CC3)n(C)c(=O)c2n1. The molecule has 200 valence electrons. The Labute approximate surface area is 214 Å². The maximum Gasteiger partial charge on any atom is 0.300 e. The van der Waals surface area contributed by atoms with Gasteiger partial charge in [0.2, 0.25) is 0 Å². The molecule has 1 aromatic carbocycles. The molecule has 0 saturated carbocycles. The fraction of sp³-hybridized carbons (Fsp3) is 0.500. The van der Waals surface area contributed by atoms with E-state index in [9.17, 15) is 27.1 Å². The molecule has 3 heterocycles. The molecule has 1 saturated heterocycles. The standard InChI is InChI=1S/C26H32F2N4O4S/c1-15(18-7-6-8-19(13-18)26(27,28)25(3,4)34)29-23-20-14-21(17-9-11-37(35,36)12-10-17)32(5)24(33)22(20)30-16(2)31-23/h6-8,13-15,17,34H,9-12H2,1-5H3,(H,29,30,31)/t15-/m1/s1. The average molecular weight is 535 g/mol. The summed E-state index contributed by atoms with van der Waals surface area (Å²) in [5, 5.41) is 13.7. The quantitative estimate of drug-likeness (QED) is 0.492. The topological polar surface area (TPSA) is 114 Å². The Hall–Kier alpha value is -2.92. The summed E-state index contributed by atoms with van der Waals surface area (Å²) in [7, 11) is -1.41. The molecule has 8 nitrogen and oxygen atoms in total. The minimum Gasteiger partial charge on any atom is -0.384 e. The maximum absolute atomic E-state index is 14.8. The molecule has 2 aromatic heterocycles. The molecule has 0 bridgehead atoms. The number of aryl methyl sites for hydroxylation is 1. The third-order valence-corrected chi connectivity index (χ3v) is 8.80. The molecule has 4 rings (SSSR count). The Morgan fingerprint density at radius 1 is 1.16 bits per heavy atom. The lowest BCUT2D eigenvalue weighted by Crippen LogP contribution is -2.40. The molecule has 0 spiro atoms. The zero-order chi connectivity index (χ0) is 27.3. The molecule has 1 aliphatic rings. The molecule has 11 heteroatoms. The van der Waals surface area contributed by atoms with E-state index >= 15 is 0 Å². The smallest absolute Gasteiger partial charge is 0.300 e. The van der Waals surface area contributed by atoms with Crippen LogP contribution >= 0.6 is 0 Å². The van der Waals surface area contributed by atoms with Crippen molar-refractivity contribution < 1.29 is 22.3 Å². The molecule has 37 heavy (non-hydrogen) atoms. The Kier molecular flexibility index (Phi) is 6.91. The number of benzene rings is 1. The van der Waals surface area contributed by atoms with E-state index < -0.39 is 27.4 Å². The summed E-state index contributed by atoms with van der Waals surface area (Å²) in [6, 6.07) is 7.19. The summed E-state index contributed by atoms with van der Waals surface area (Å²) >= 11 is 0. The Bertz CT molecular complexity index is 1500. The molecular weight excluding hydrogens is 502 g/mol. The number of alkyl halides is 2. The van der Waals surface area contributed by atoms with Gasteiger partial charge in [0, 0.05) is 30.3 Å². The lowest BCUT2D eigenvalue weighted by Gasteiger charge is -2.30. The van der Waals surface area contributed by atoms with Crippen molar-refractivity contribution in [2.45, 2.75) is 64.0 Å². The fourth-order valence-electron chi connectivity index (χ4n) is 4.73. The normalized spacial score (nSPS) is 17.6. The number of hydrogen-bond acceptors (Lipinski definition) is 7. The molecule has 2 N–H and O–H groups in total. The van der Waals surface area contributed by atoms with Crippen LogP contribution in [0.5, 0.6) is 0 Å². The van der Waals surface area contributed by atoms with Crippen molar-refractivity contribution in [1.82, 2.24) is 14.5 Å². The number of rotatable bonds is 6. The van der Waals surface area contributed by atoms with Crippen LogP contribution in [-0.2, 0) is 22.8 Å². The van der Waals surface area contributed by atoms with Gasteiger partial charge in [-0.15, -0.1) is 0 Å². The van der Waals surface area contributed by atoms with E-state index in [0.717, 1.165) is 13.8 Å². The Morgan fingerprint density at radius 3 is 2.43 bits per heavy atom. The molecular formula is C26H32F2N4O4S. The van der Waals surface area contributed by atoms with Crippen molar-refractivity contribution in [3.63, 3.8) is 0 Å². The van der Waals surface area contributed by atoms with Gasteiger partial charge in [0.1, 0.15) is 32.6 Å². The number of fused-ring (bicyclic) bond motifs is 1. The van der Waals surface area contributed by atoms with Crippen LogP contribution in [0, 0.1) is 6.92 Å². The third-order valence-electron chi connectivity index (χ3n) is 7.09. The first-order valence-corrected chi connectivity index (χ1v) is 14.0. The van der Waals surface area contributed by atoms with Gasteiger partial charge < -0.3 is 15.0 Å². The highest BCUT2D eigenvalue weighted by Crippen LogP contribution is 2.39. The van der Waals surface area contributed by atoms with Gasteiger partial charge in [0.05, 0.1) is 16.9 Å². The van der Waals surface area contributed by atoms with Crippen LogP contribution < -0.4 is 10.9 Å². The number of pyridine rings is 1. The predicted molar refractivity (Wildman–Crippen MR) is 139 cm³/mol. The number of aromatic nitrogens is 3. The number of sulfone groups is 1. The second kappa shape index (κ2) is 9.43. The van der Waals surface area contributed by atoms with E-state index in [2.05, 4.69) is 15.3 Å². The van der Waals surface area contributed by atoms with Crippen LogP contribution in [-0.4, -0.2) is 45.2 Å². The van der Waals surface area contributed by atoms with E-state index in [-0.39, 0.29) is 34.1 Å². The van der Waals surface area contributed by atoms with Crippen LogP contribution in [0.15, 0.2) is 35.1 Å². The van der Waals surface area contributed by atoms with Crippen molar-refractivity contribution in [1.29, 1.82) is 0 Å². The largest absolute Gasteiger partial charge is 0.384 e. The second-order valence-corrected chi connectivity index (χ2v) is 12.7. The highest BCUT2D eigenvalue weighted by Gasteiger charge is 2.47. The first-order valence-electron chi connectivity index (χ1n) is 12.2. The van der Waals surface area contributed by atoms with Crippen molar-refractivity contribution in [2.75, 3.05) is 16.8 Å². The molecule has 1 atom stereocenters. The molecule has 0 unspecified atom stereocenters. The highest BCUT2D eigenvalue weighted by atomic mass is 32.2. The first-order chi connectivity index (χ1) is 17.1. The van der Waals surface area contributed by atoms with Crippen LogP contribution in [0.2, 0.25) is 0 Å². The summed E-state index contributed by atoms with van der Waals surface area (Å²) in [5.74, 6) is -2.66. The zero-order valence-corrected chi connectivity index (χ0v) is 22.4. The third kappa shape index (κ3) is 5.24. The van der Waals surface area contributed by atoms with E-state index in [0.29, 0.717) is 41.1 Å². The lowest BCUT2D eigenvalue weighted by molar-refractivity contribution is -0.168. The number of nitrogens with one attached hydrogen (secondary N) is 1. The van der Waals surface area contributed by atoms with Gasteiger partial charge in [0.25, 0.3) is 5.56 Å². The van der Waals surface area contributed by atoms with E-state index in [1.807, 2.05) is 6.07 Å². The van der Waals surface area contributed by atoms with Crippen LogP contribution in [0.4, 0.5) is 14.6 Å². The fourth-order valence-corrected chi connectivity index (χ4v) is 6.23. The molecule has 0 radical (unpaired) electrons. The predicted octanol–water partition coefficient (Wildman–Crippen LogP) is 3.96. The Morgan fingerprint density at radius 2 is 1.81 bits per heavy atom. The number of nitrogens with zero attached hydrogens (tertiary/aromatic N) is 3. The molecule has 3 aromatic rings. The van der Waals surface area contributed by atoms with Crippen LogP contribution in [0.3, 0.4) is 0 Å². The van der Waals surface area contributed by atoms with Gasteiger partial charge in [-0.05, 0) is 58.2 Å². The van der Waals surface area contributed by atoms with Gasteiger partial charge in [-0.25, -0.2) is 18.4 Å². The first kappa shape index (κ1) is 27.1. The average Bonchev–Trinajstić information content (AvgIpc) is 2.81. The number of anilines is 1. The van der Waals surface area contributed by atoms with Gasteiger partial charge in [-0.3, -0.25) is 4.79 Å². The van der Waals surface area contributed by atoms with Gasteiger partial charge in [-0.2, -0.15) is 8.78 Å². The zero-order valence-electron chi connectivity index (χ0n) is 21.5. The van der Waals surface area contributed by atoms with Crippen LogP contribution in [0.1, 0.15) is 68.2 Å². The molecule has 1 fully saturated rings. The molecule has 0 aliphatic carbocycles. The maximum atomic E-state index is 14.8. The number of halogens is 2. The van der Waals surface area contributed by atoms with Crippen LogP contribution in [0.25, 0.3) is 10.9 Å². The van der Waals surface area contributed by atoms with Crippen molar-refractivity contribution >= 4 is 26.6 Å². The van der Waals surface area contributed by atoms with E-state index in [1.165, 1.54) is 22.8 Å². The monoisotopic (exact) mass is 534 g/mol. The lowest BCUT2D eigenvalue weighted by atomic mass is 9.91. The number of hydrogen-bond donors (Lipinski definition) is 2. The van der Waals surface area contributed by atoms with E-state index in [1.54, 1.807) is 27.0 Å². The number of aliphatic hydroxyl groups is 1. The van der Waals surface area contributed by atoms with Gasteiger partial charge >= 0.3 is 5.92 Å². The van der Waals surface area contributed by atoms with Crippen molar-refractivity contribution in [3.05, 3.63) is 63.3 Å². The summed E-state index contributed by atoms with van der Waals surface area (Å²) in [4.78, 5) is 22.1. The summed E-state index contributed by atoms with van der Waals surface area (Å²) in [5.41, 5.74) is -1.38. The highest BCUT2D eigenvalue weighted by molar-refractivity contribution is 7.91. The minimum atomic E-state index is -3.46.